The lowest BCUT2D eigenvalue weighted by Gasteiger charge is -2.21. The second-order valence-electron chi connectivity index (χ2n) is 9.39. The molecule has 35 heavy (non-hydrogen) atoms. The van der Waals surface area contributed by atoms with Crippen molar-refractivity contribution in [3.05, 3.63) is 48.0 Å². The Morgan fingerprint density at radius 2 is 1.74 bits per heavy atom. The van der Waals surface area contributed by atoms with Gasteiger partial charge < -0.3 is 25.4 Å². The van der Waals surface area contributed by atoms with Crippen molar-refractivity contribution < 1.29 is 23.9 Å². The Labute approximate surface area is 205 Å². The third kappa shape index (κ3) is 8.97. The second-order valence-corrected chi connectivity index (χ2v) is 9.39. The molecule has 0 radical (unpaired) electrons. The molecule has 1 fully saturated rings. The quantitative estimate of drug-likeness (QED) is 0.525. The Bertz CT molecular complexity index is 1010. The molecule has 10 nitrogen and oxygen atoms in total. The van der Waals surface area contributed by atoms with Crippen molar-refractivity contribution in [2.24, 2.45) is 5.92 Å². The van der Waals surface area contributed by atoms with Crippen LogP contribution in [0.4, 0.5) is 4.79 Å². The molecule has 2 heterocycles. The van der Waals surface area contributed by atoms with Gasteiger partial charge in [-0.05, 0) is 56.7 Å². The highest BCUT2D eigenvalue weighted by Gasteiger charge is 2.17. The highest BCUT2D eigenvalue weighted by Crippen LogP contribution is 2.19. The lowest BCUT2D eigenvalue weighted by molar-refractivity contribution is -0.120. The zero-order valence-electron chi connectivity index (χ0n) is 20.4. The minimum atomic E-state index is -0.643. The van der Waals surface area contributed by atoms with Crippen molar-refractivity contribution in [1.29, 1.82) is 0 Å². The minimum Gasteiger partial charge on any atom is -0.444 e. The van der Waals surface area contributed by atoms with Crippen molar-refractivity contribution in [2.45, 2.75) is 45.8 Å². The van der Waals surface area contributed by atoms with Gasteiger partial charge in [-0.15, -0.1) is 0 Å². The standard InChI is InChI=1S/C25H33N5O5/c1-25(2,3)35-24(33)30-16-21(31)26-13-18-5-4-6-19(11-18)20-14-27-22(28-15-20)23(32)29-12-17-7-9-34-10-8-17/h4-6,11,14-15,17H,7-10,12-13,16H2,1-3H3,(H,26,31)(H,29,32)(H,30,33). The van der Waals surface area contributed by atoms with Crippen LogP contribution in [0.25, 0.3) is 11.1 Å². The normalized spacial score (nSPS) is 14.1. The molecule has 0 saturated carbocycles. The van der Waals surface area contributed by atoms with E-state index in [2.05, 4.69) is 25.9 Å². The molecule has 1 aliphatic heterocycles. The molecular formula is C25H33N5O5. The number of alkyl carbamates (subject to hydrolysis) is 1. The Balaban J connectivity index is 1.48. The van der Waals surface area contributed by atoms with E-state index < -0.39 is 11.7 Å². The van der Waals surface area contributed by atoms with Crippen LogP contribution in [0.2, 0.25) is 0 Å². The predicted molar refractivity (Wildman–Crippen MR) is 129 cm³/mol. The summed E-state index contributed by atoms with van der Waals surface area (Å²) in [5, 5.41) is 8.08. The summed E-state index contributed by atoms with van der Waals surface area (Å²) in [5.41, 5.74) is 1.85. The van der Waals surface area contributed by atoms with Gasteiger partial charge in [0.1, 0.15) is 12.1 Å². The average molecular weight is 484 g/mol. The van der Waals surface area contributed by atoms with Crippen LogP contribution >= 0.6 is 0 Å². The van der Waals surface area contributed by atoms with Crippen LogP contribution in [0.1, 0.15) is 49.8 Å². The van der Waals surface area contributed by atoms with Crippen molar-refractivity contribution in [3.8, 4) is 11.1 Å². The molecule has 1 aromatic carbocycles. The van der Waals surface area contributed by atoms with Crippen molar-refractivity contribution in [1.82, 2.24) is 25.9 Å². The van der Waals surface area contributed by atoms with Gasteiger partial charge in [-0.3, -0.25) is 9.59 Å². The Kier molecular flexibility index (Phi) is 9.13. The number of aromatic nitrogens is 2. The van der Waals surface area contributed by atoms with E-state index in [9.17, 15) is 14.4 Å². The Morgan fingerprint density at radius 1 is 1.03 bits per heavy atom. The number of hydrogen-bond acceptors (Lipinski definition) is 7. The van der Waals surface area contributed by atoms with E-state index in [1.165, 1.54) is 0 Å². The monoisotopic (exact) mass is 483 g/mol. The van der Waals surface area contributed by atoms with Crippen molar-refractivity contribution in [2.75, 3.05) is 26.3 Å². The Morgan fingerprint density at radius 3 is 2.43 bits per heavy atom. The summed E-state index contributed by atoms with van der Waals surface area (Å²) in [6, 6.07) is 7.55. The summed E-state index contributed by atoms with van der Waals surface area (Å²) < 4.78 is 10.4. The number of benzene rings is 1. The van der Waals surface area contributed by atoms with E-state index in [-0.39, 0.29) is 30.7 Å². The molecule has 1 aromatic heterocycles. The number of carbonyl (C=O) groups is 3. The van der Waals surface area contributed by atoms with Gasteiger partial charge in [0.2, 0.25) is 11.7 Å². The molecule has 3 N–H and O–H groups in total. The van der Waals surface area contributed by atoms with Crippen LogP contribution in [0.3, 0.4) is 0 Å². The maximum atomic E-state index is 12.4. The number of amides is 3. The topological polar surface area (TPSA) is 132 Å². The van der Waals surface area contributed by atoms with E-state index in [0.29, 0.717) is 12.5 Å². The van der Waals surface area contributed by atoms with E-state index in [1.54, 1.807) is 33.2 Å². The van der Waals surface area contributed by atoms with Crippen molar-refractivity contribution >= 4 is 17.9 Å². The molecule has 0 bridgehead atoms. The van der Waals surface area contributed by atoms with E-state index in [0.717, 1.165) is 42.7 Å². The SMILES string of the molecule is CC(C)(C)OC(=O)NCC(=O)NCc1cccc(-c2cnc(C(=O)NCC3CCOCC3)nc2)c1. The van der Waals surface area contributed by atoms with Crippen LogP contribution in [0, 0.1) is 5.92 Å². The third-order valence-electron chi connectivity index (χ3n) is 5.29. The number of nitrogens with one attached hydrogen (secondary N) is 3. The van der Waals surface area contributed by atoms with E-state index in [1.807, 2.05) is 24.3 Å². The summed E-state index contributed by atoms with van der Waals surface area (Å²) in [4.78, 5) is 44.5. The molecule has 10 heteroatoms. The van der Waals surface area contributed by atoms with Crippen LogP contribution in [0.15, 0.2) is 36.7 Å². The molecule has 3 rings (SSSR count). The maximum absolute atomic E-state index is 12.4. The highest BCUT2D eigenvalue weighted by molar-refractivity contribution is 5.90. The van der Waals surface area contributed by atoms with Crippen LogP contribution in [-0.4, -0.2) is 59.8 Å². The van der Waals surface area contributed by atoms with Crippen LogP contribution < -0.4 is 16.0 Å². The fourth-order valence-electron chi connectivity index (χ4n) is 3.45. The molecule has 2 aromatic rings. The first kappa shape index (κ1) is 26.1. The minimum absolute atomic E-state index is 0.127. The van der Waals surface area contributed by atoms with Gasteiger partial charge in [0.05, 0.1) is 0 Å². The summed E-state index contributed by atoms with van der Waals surface area (Å²) in [6.07, 6.45) is 4.46. The van der Waals surface area contributed by atoms with Gasteiger partial charge in [0, 0.05) is 44.3 Å². The first-order valence-electron chi connectivity index (χ1n) is 11.7. The van der Waals surface area contributed by atoms with Gasteiger partial charge in [0.15, 0.2) is 0 Å². The third-order valence-corrected chi connectivity index (χ3v) is 5.29. The molecule has 1 saturated heterocycles. The first-order valence-corrected chi connectivity index (χ1v) is 11.7. The predicted octanol–water partition coefficient (Wildman–Crippen LogP) is 2.44. The molecule has 1 aliphatic rings. The van der Waals surface area contributed by atoms with Gasteiger partial charge in [0.25, 0.3) is 5.91 Å². The van der Waals surface area contributed by atoms with Crippen LogP contribution in [0.5, 0.6) is 0 Å². The van der Waals surface area contributed by atoms with Crippen molar-refractivity contribution in [3.63, 3.8) is 0 Å². The summed E-state index contributed by atoms with van der Waals surface area (Å²) in [6.45, 7) is 7.42. The second kappa shape index (κ2) is 12.3. The zero-order chi connectivity index (χ0) is 25.3. The molecule has 0 spiro atoms. The number of hydrogen-bond donors (Lipinski definition) is 3. The number of rotatable bonds is 8. The molecule has 0 atom stereocenters. The molecule has 0 aliphatic carbocycles. The smallest absolute Gasteiger partial charge is 0.408 e. The Hall–Kier alpha value is -3.53. The van der Waals surface area contributed by atoms with E-state index >= 15 is 0 Å². The number of ether oxygens (including phenoxy) is 2. The lowest BCUT2D eigenvalue weighted by atomic mass is 10.0. The largest absolute Gasteiger partial charge is 0.444 e. The maximum Gasteiger partial charge on any atom is 0.408 e. The fraction of sp³-hybridized carbons (Fsp3) is 0.480. The molecule has 3 amide bonds. The zero-order valence-corrected chi connectivity index (χ0v) is 20.4. The van der Waals surface area contributed by atoms with E-state index in [4.69, 9.17) is 9.47 Å². The van der Waals surface area contributed by atoms with Gasteiger partial charge in [-0.1, -0.05) is 18.2 Å². The fourth-order valence-corrected chi connectivity index (χ4v) is 3.45. The summed E-state index contributed by atoms with van der Waals surface area (Å²) in [7, 11) is 0. The number of nitrogens with zero attached hydrogens (tertiary/aromatic N) is 2. The highest BCUT2D eigenvalue weighted by atomic mass is 16.6. The molecule has 0 unspecified atom stereocenters. The van der Waals surface area contributed by atoms with Crippen LogP contribution in [-0.2, 0) is 20.8 Å². The van der Waals surface area contributed by atoms with Gasteiger partial charge >= 0.3 is 6.09 Å². The number of carbonyl (C=O) groups excluding carboxylic acids is 3. The summed E-state index contributed by atoms with van der Waals surface area (Å²) in [5.74, 6) is -0.0785. The average Bonchev–Trinajstić information content (AvgIpc) is 2.84. The first-order chi connectivity index (χ1) is 16.7. The molecular weight excluding hydrogens is 450 g/mol. The molecule has 188 valence electrons. The van der Waals surface area contributed by atoms with Gasteiger partial charge in [-0.2, -0.15) is 0 Å². The lowest BCUT2D eigenvalue weighted by Crippen LogP contribution is -2.39. The summed E-state index contributed by atoms with van der Waals surface area (Å²) >= 11 is 0. The van der Waals surface area contributed by atoms with Gasteiger partial charge in [-0.25, -0.2) is 14.8 Å².